The quantitative estimate of drug-likeness (QED) is 0.627. The molecule has 3 rings (SSSR count). The van der Waals surface area contributed by atoms with Gasteiger partial charge in [-0.2, -0.15) is 0 Å². The van der Waals surface area contributed by atoms with Gasteiger partial charge >= 0.3 is 11.9 Å². The Hall–Kier alpha value is -1.64. The van der Waals surface area contributed by atoms with Gasteiger partial charge in [0, 0.05) is 0 Å². The Labute approximate surface area is 119 Å². The molecule has 0 spiro atoms. The zero-order valence-corrected chi connectivity index (χ0v) is 12.0. The number of carbonyl (C=O) groups excluding carboxylic acids is 2. The van der Waals surface area contributed by atoms with Crippen LogP contribution in [0, 0.1) is 11.3 Å². The molecule has 0 bridgehead atoms. The van der Waals surface area contributed by atoms with E-state index in [0.29, 0.717) is 0 Å². The fourth-order valence-corrected chi connectivity index (χ4v) is 3.86. The van der Waals surface area contributed by atoms with Crippen LogP contribution in [0.5, 0.6) is 0 Å². The Balaban J connectivity index is 2.08. The number of benzene rings is 1. The third-order valence-electron chi connectivity index (χ3n) is 4.88. The SMILES string of the molecule is CCCCC1(C)Cc2ccccc2C2C(=O)OC(=O)C21. The van der Waals surface area contributed by atoms with Crippen molar-refractivity contribution in [1.82, 2.24) is 0 Å². The Morgan fingerprint density at radius 2 is 2.00 bits per heavy atom. The van der Waals surface area contributed by atoms with Gasteiger partial charge in [0.05, 0.1) is 11.8 Å². The summed E-state index contributed by atoms with van der Waals surface area (Å²) < 4.78 is 4.96. The average Bonchev–Trinajstić information content (AvgIpc) is 2.73. The standard InChI is InChI=1S/C17H20O3/c1-3-4-9-17(2)10-11-7-5-6-8-12(11)13-14(17)16(19)20-15(13)18/h5-8,13-14H,3-4,9-10H2,1-2H3. The van der Waals surface area contributed by atoms with E-state index >= 15 is 0 Å². The van der Waals surface area contributed by atoms with Crippen molar-refractivity contribution in [2.45, 2.75) is 45.4 Å². The second kappa shape index (κ2) is 4.72. The van der Waals surface area contributed by atoms with Gasteiger partial charge in [0.15, 0.2) is 0 Å². The van der Waals surface area contributed by atoms with Crippen LogP contribution in [0.3, 0.4) is 0 Å². The number of fused-ring (bicyclic) bond motifs is 3. The molecule has 1 aliphatic carbocycles. The van der Waals surface area contributed by atoms with E-state index in [1.807, 2.05) is 18.2 Å². The molecular formula is C17H20O3. The van der Waals surface area contributed by atoms with Gasteiger partial charge in [-0.3, -0.25) is 9.59 Å². The molecule has 20 heavy (non-hydrogen) atoms. The van der Waals surface area contributed by atoms with Crippen LogP contribution in [0.1, 0.15) is 50.2 Å². The normalized spacial score (nSPS) is 31.7. The lowest BCUT2D eigenvalue weighted by molar-refractivity contribution is -0.154. The fourth-order valence-electron chi connectivity index (χ4n) is 3.86. The van der Waals surface area contributed by atoms with Crippen molar-refractivity contribution >= 4 is 11.9 Å². The third kappa shape index (κ3) is 1.88. The number of carbonyl (C=O) groups is 2. The monoisotopic (exact) mass is 272 g/mol. The van der Waals surface area contributed by atoms with E-state index in [-0.39, 0.29) is 23.3 Å². The first-order valence-electron chi connectivity index (χ1n) is 7.40. The zero-order valence-electron chi connectivity index (χ0n) is 12.0. The molecule has 0 aromatic heterocycles. The molecule has 3 unspecified atom stereocenters. The summed E-state index contributed by atoms with van der Waals surface area (Å²) in [5, 5.41) is 0. The molecule has 1 heterocycles. The number of unbranched alkanes of at least 4 members (excludes halogenated alkanes) is 1. The molecule has 1 aromatic carbocycles. The van der Waals surface area contributed by atoms with Crippen LogP contribution in [-0.4, -0.2) is 11.9 Å². The average molecular weight is 272 g/mol. The van der Waals surface area contributed by atoms with E-state index in [1.54, 1.807) is 0 Å². The minimum Gasteiger partial charge on any atom is -0.392 e. The predicted molar refractivity (Wildman–Crippen MR) is 75.1 cm³/mol. The van der Waals surface area contributed by atoms with Gasteiger partial charge < -0.3 is 4.74 Å². The Kier molecular flexibility index (Phi) is 3.15. The summed E-state index contributed by atoms with van der Waals surface area (Å²) in [5.74, 6) is -1.39. The van der Waals surface area contributed by atoms with Crippen LogP contribution in [-0.2, 0) is 20.7 Å². The van der Waals surface area contributed by atoms with Gasteiger partial charge in [-0.15, -0.1) is 0 Å². The first-order chi connectivity index (χ1) is 9.57. The summed E-state index contributed by atoms with van der Waals surface area (Å²) in [4.78, 5) is 24.3. The molecule has 3 heteroatoms. The molecule has 1 aromatic rings. The van der Waals surface area contributed by atoms with Crippen molar-refractivity contribution in [2.75, 3.05) is 0 Å². The molecule has 1 saturated heterocycles. The zero-order chi connectivity index (χ0) is 14.3. The van der Waals surface area contributed by atoms with E-state index in [4.69, 9.17) is 4.74 Å². The van der Waals surface area contributed by atoms with E-state index in [2.05, 4.69) is 19.9 Å². The number of hydrogen-bond acceptors (Lipinski definition) is 3. The summed E-state index contributed by atoms with van der Waals surface area (Å²) in [6, 6.07) is 7.97. The van der Waals surface area contributed by atoms with Crippen molar-refractivity contribution in [3.8, 4) is 0 Å². The molecule has 0 radical (unpaired) electrons. The van der Waals surface area contributed by atoms with Crippen LogP contribution >= 0.6 is 0 Å². The molecule has 3 nitrogen and oxygen atoms in total. The summed E-state index contributed by atoms with van der Waals surface area (Å²) in [7, 11) is 0. The molecule has 106 valence electrons. The predicted octanol–water partition coefficient (Wildman–Crippen LogP) is 3.22. The van der Waals surface area contributed by atoms with Crippen molar-refractivity contribution in [3.63, 3.8) is 0 Å². The molecule has 1 fully saturated rings. The van der Waals surface area contributed by atoms with Gasteiger partial charge in [0.25, 0.3) is 0 Å². The topological polar surface area (TPSA) is 43.4 Å². The highest BCUT2D eigenvalue weighted by Crippen LogP contribution is 2.53. The van der Waals surface area contributed by atoms with Gasteiger partial charge in [-0.1, -0.05) is 51.0 Å². The summed E-state index contributed by atoms with van der Waals surface area (Å²) in [6.07, 6.45) is 3.98. The second-order valence-electron chi connectivity index (χ2n) is 6.33. The summed E-state index contributed by atoms with van der Waals surface area (Å²) >= 11 is 0. The van der Waals surface area contributed by atoms with Crippen molar-refractivity contribution < 1.29 is 14.3 Å². The van der Waals surface area contributed by atoms with Crippen molar-refractivity contribution in [3.05, 3.63) is 35.4 Å². The molecule has 0 amide bonds. The fraction of sp³-hybridized carbons (Fsp3) is 0.529. The lowest BCUT2D eigenvalue weighted by atomic mass is 9.59. The maximum Gasteiger partial charge on any atom is 0.321 e. The number of ether oxygens (including phenoxy) is 1. The van der Waals surface area contributed by atoms with Gasteiger partial charge in [0.1, 0.15) is 0 Å². The van der Waals surface area contributed by atoms with Crippen molar-refractivity contribution in [1.29, 1.82) is 0 Å². The minimum atomic E-state index is -0.394. The lowest BCUT2D eigenvalue weighted by Crippen LogP contribution is -2.40. The Bertz CT molecular complexity index is 563. The van der Waals surface area contributed by atoms with Crippen LogP contribution in [0.4, 0.5) is 0 Å². The van der Waals surface area contributed by atoms with E-state index in [9.17, 15) is 9.59 Å². The minimum absolute atomic E-state index is 0.168. The Morgan fingerprint density at radius 3 is 2.75 bits per heavy atom. The van der Waals surface area contributed by atoms with Gasteiger partial charge in [-0.05, 0) is 29.4 Å². The Morgan fingerprint density at radius 1 is 1.25 bits per heavy atom. The number of hydrogen-bond donors (Lipinski definition) is 0. The smallest absolute Gasteiger partial charge is 0.321 e. The van der Waals surface area contributed by atoms with E-state index in [1.165, 1.54) is 5.56 Å². The summed E-state index contributed by atoms with van der Waals surface area (Å²) in [6.45, 7) is 4.28. The van der Waals surface area contributed by atoms with E-state index < -0.39 is 5.92 Å². The molecular weight excluding hydrogens is 252 g/mol. The maximum absolute atomic E-state index is 12.2. The molecule has 3 atom stereocenters. The van der Waals surface area contributed by atoms with Crippen LogP contribution < -0.4 is 0 Å². The lowest BCUT2D eigenvalue weighted by Gasteiger charge is -2.41. The molecule has 0 saturated carbocycles. The highest BCUT2D eigenvalue weighted by Gasteiger charge is 2.56. The van der Waals surface area contributed by atoms with Gasteiger partial charge in [0.2, 0.25) is 0 Å². The second-order valence-corrected chi connectivity index (χ2v) is 6.33. The first kappa shape index (κ1) is 13.3. The number of cyclic esters (lactones) is 2. The highest BCUT2D eigenvalue weighted by atomic mass is 16.6. The van der Waals surface area contributed by atoms with Crippen LogP contribution in [0.2, 0.25) is 0 Å². The highest BCUT2D eigenvalue weighted by molar-refractivity contribution is 6.00. The third-order valence-corrected chi connectivity index (χ3v) is 4.88. The molecule has 1 aliphatic heterocycles. The van der Waals surface area contributed by atoms with Crippen LogP contribution in [0.15, 0.2) is 24.3 Å². The molecule has 0 N–H and O–H groups in total. The summed E-state index contributed by atoms with van der Waals surface area (Å²) in [5.41, 5.74) is 2.01. The first-order valence-corrected chi connectivity index (χ1v) is 7.40. The number of rotatable bonds is 3. The van der Waals surface area contributed by atoms with Crippen molar-refractivity contribution in [2.24, 2.45) is 11.3 Å². The van der Waals surface area contributed by atoms with Gasteiger partial charge in [-0.25, -0.2) is 0 Å². The maximum atomic E-state index is 12.2. The largest absolute Gasteiger partial charge is 0.392 e. The van der Waals surface area contributed by atoms with E-state index in [0.717, 1.165) is 31.2 Å². The molecule has 2 aliphatic rings. The van der Waals surface area contributed by atoms with Crippen LogP contribution in [0.25, 0.3) is 0 Å². The number of esters is 2.